The molecule has 0 aromatic carbocycles. The molecule has 1 fully saturated rings. The van der Waals surface area contributed by atoms with Gasteiger partial charge in [0.15, 0.2) is 5.76 Å². The average Bonchev–Trinajstić information content (AvgIpc) is 3.35. The number of nitrogens with zero attached hydrogens (tertiary/aromatic N) is 4. The second-order valence-corrected chi connectivity index (χ2v) is 9.27. The SMILES string of the molecule is CC(O)CNC(=O)C(=O)N1CCN(c2nc(-c3ccco3)c3c(c2C#N)CC(C)(C)OC3)CC1. The highest BCUT2D eigenvalue weighted by Gasteiger charge is 2.35. The van der Waals surface area contributed by atoms with Crippen LogP contribution in [-0.2, 0) is 27.4 Å². The van der Waals surface area contributed by atoms with Gasteiger partial charge in [-0.15, -0.1) is 0 Å². The van der Waals surface area contributed by atoms with Gasteiger partial charge in [-0.05, 0) is 38.5 Å². The molecule has 2 aliphatic heterocycles. The minimum absolute atomic E-state index is 0.0186. The summed E-state index contributed by atoms with van der Waals surface area (Å²) >= 11 is 0. The van der Waals surface area contributed by atoms with Gasteiger partial charge in [0.1, 0.15) is 17.6 Å². The Morgan fingerprint density at radius 2 is 2.03 bits per heavy atom. The molecule has 10 nitrogen and oxygen atoms in total. The molecule has 2 aromatic heterocycles. The summed E-state index contributed by atoms with van der Waals surface area (Å²) in [6.45, 7) is 7.36. The number of amides is 2. The molecule has 1 saturated heterocycles. The molecule has 0 radical (unpaired) electrons. The Labute approximate surface area is 198 Å². The van der Waals surface area contributed by atoms with Crippen molar-refractivity contribution in [2.75, 3.05) is 37.6 Å². The zero-order chi connectivity index (χ0) is 24.5. The van der Waals surface area contributed by atoms with E-state index in [4.69, 9.17) is 14.1 Å². The number of pyridine rings is 1. The maximum absolute atomic E-state index is 12.5. The van der Waals surface area contributed by atoms with Crippen molar-refractivity contribution in [2.45, 2.75) is 45.5 Å². The van der Waals surface area contributed by atoms with Crippen LogP contribution in [0.3, 0.4) is 0 Å². The van der Waals surface area contributed by atoms with E-state index >= 15 is 0 Å². The van der Waals surface area contributed by atoms with Crippen LogP contribution < -0.4 is 10.2 Å². The van der Waals surface area contributed by atoms with E-state index in [1.807, 2.05) is 24.8 Å². The maximum atomic E-state index is 12.5. The molecule has 2 aliphatic rings. The van der Waals surface area contributed by atoms with Crippen LogP contribution in [0.2, 0.25) is 0 Å². The molecule has 2 amide bonds. The molecule has 4 rings (SSSR count). The van der Waals surface area contributed by atoms with Gasteiger partial charge >= 0.3 is 11.8 Å². The number of aliphatic hydroxyl groups excluding tert-OH is 1. The third-order valence-electron chi connectivity index (χ3n) is 6.09. The molecule has 0 bridgehead atoms. The van der Waals surface area contributed by atoms with E-state index in [1.165, 1.54) is 11.8 Å². The highest BCUT2D eigenvalue weighted by atomic mass is 16.5. The van der Waals surface area contributed by atoms with Gasteiger partial charge in [0.05, 0.1) is 30.1 Å². The highest BCUT2D eigenvalue weighted by Crippen LogP contribution is 2.39. The van der Waals surface area contributed by atoms with Gasteiger partial charge in [0.2, 0.25) is 0 Å². The Morgan fingerprint density at radius 3 is 2.65 bits per heavy atom. The Balaban J connectivity index is 1.60. The number of anilines is 1. The number of hydrogen-bond donors (Lipinski definition) is 2. The molecule has 180 valence electrons. The number of aliphatic hydroxyl groups is 1. The first-order valence-corrected chi connectivity index (χ1v) is 11.3. The van der Waals surface area contributed by atoms with E-state index in [0.717, 1.165) is 11.1 Å². The molecular formula is C24H29N5O5. The van der Waals surface area contributed by atoms with Crippen molar-refractivity contribution < 1.29 is 23.8 Å². The van der Waals surface area contributed by atoms with Crippen molar-refractivity contribution in [1.82, 2.24) is 15.2 Å². The predicted octanol–water partition coefficient (Wildman–Crippen LogP) is 1.21. The van der Waals surface area contributed by atoms with Gasteiger partial charge in [0.25, 0.3) is 0 Å². The molecule has 1 atom stereocenters. The van der Waals surface area contributed by atoms with E-state index < -0.39 is 23.5 Å². The third kappa shape index (κ3) is 4.76. The third-order valence-corrected chi connectivity index (χ3v) is 6.09. The summed E-state index contributed by atoms with van der Waals surface area (Å²) in [6, 6.07) is 5.98. The normalized spacial score (nSPS) is 18.1. The summed E-state index contributed by atoms with van der Waals surface area (Å²) in [4.78, 5) is 32.9. The van der Waals surface area contributed by atoms with E-state index in [1.54, 1.807) is 12.3 Å². The Kier molecular flexibility index (Phi) is 6.59. The van der Waals surface area contributed by atoms with Crippen LogP contribution in [0.5, 0.6) is 0 Å². The van der Waals surface area contributed by atoms with Crippen LogP contribution in [0.25, 0.3) is 11.5 Å². The molecule has 0 spiro atoms. The number of carbonyl (C=O) groups excluding carboxylic acids is 2. The van der Waals surface area contributed by atoms with Gasteiger partial charge in [0, 0.05) is 44.7 Å². The number of ether oxygens (including phenoxy) is 1. The van der Waals surface area contributed by atoms with Gasteiger partial charge in [-0.1, -0.05) is 0 Å². The molecule has 0 aliphatic carbocycles. The first kappa shape index (κ1) is 23.7. The van der Waals surface area contributed by atoms with Gasteiger partial charge in [-0.3, -0.25) is 9.59 Å². The molecule has 1 unspecified atom stereocenters. The fourth-order valence-electron chi connectivity index (χ4n) is 4.30. The lowest BCUT2D eigenvalue weighted by Gasteiger charge is -2.38. The average molecular weight is 468 g/mol. The van der Waals surface area contributed by atoms with Gasteiger partial charge in [-0.2, -0.15) is 5.26 Å². The quantitative estimate of drug-likeness (QED) is 0.642. The number of aromatic nitrogens is 1. The molecule has 4 heterocycles. The minimum atomic E-state index is -0.735. The van der Waals surface area contributed by atoms with Crippen molar-refractivity contribution in [1.29, 1.82) is 5.26 Å². The largest absolute Gasteiger partial charge is 0.463 e. The summed E-state index contributed by atoms with van der Waals surface area (Å²) in [6.07, 6.45) is 1.42. The smallest absolute Gasteiger partial charge is 0.312 e. The van der Waals surface area contributed by atoms with E-state index in [9.17, 15) is 20.0 Å². The number of hydrogen-bond acceptors (Lipinski definition) is 8. The monoisotopic (exact) mass is 467 g/mol. The Hall–Kier alpha value is -3.42. The van der Waals surface area contributed by atoms with Crippen LogP contribution in [0, 0.1) is 11.3 Å². The number of piperazine rings is 1. The van der Waals surface area contributed by atoms with Crippen LogP contribution >= 0.6 is 0 Å². The number of nitriles is 1. The number of rotatable bonds is 4. The zero-order valence-corrected chi connectivity index (χ0v) is 19.6. The molecule has 2 N–H and O–H groups in total. The predicted molar refractivity (Wildman–Crippen MR) is 123 cm³/mol. The van der Waals surface area contributed by atoms with Crippen LogP contribution in [0.1, 0.15) is 37.5 Å². The number of nitrogens with one attached hydrogen (secondary N) is 1. The lowest BCUT2D eigenvalue weighted by molar-refractivity contribution is -0.146. The number of furan rings is 1. The first-order chi connectivity index (χ1) is 16.2. The topological polar surface area (TPSA) is 132 Å². The molecule has 2 aromatic rings. The highest BCUT2D eigenvalue weighted by molar-refractivity contribution is 6.35. The zero-order valence-electron chi connectivity index (χ0n) is 19.6. The van der Waals surface area contributed by atoms with Crippen molar-refractivity contribution in [3.8, 4) is 17.5 Å². The van der Waals surface area contributed by atoms with E-state index in [0.29, 0.717) is 62.0 Å². The van der Waals surface area contributed by atoms with Crippen molar-refractivity contribution in [3.63, 3.8) is 0 Å². The van der Waals surface area contributed by atoms with Crippen LogP contribution in [0.4, 0.5) is 5.82 Å². The standard InChI is InChI=1S/C24H29N5O5/c1-15(30)13-26-22(31)23(32)29-8-6-28(7-9-29)21-17(12-25)16-11-24(2,3)34-14-18(16)20(27-21)19-5-4-10-33-19/h4-5,10,15,30H,6-9,11,13-14H2,1-3H3,(H,26,31). The lowest BCUT2D eigenvalue weighted by atomic mass is 9.87. The minimum Gasteiger partial charge on any atom is -0.463 e. The van der Waals surface area contributed by atoms with Crippen LogP contribution in [0.15, 0.2) is 22.8 Å². The Bertz CT molecular complexity index is 1110. The Morgan fingerprint density at radius 1 is 1.29 bits per heavy atom. The van der Waals surface area contributed by atoms with Gasteiger partial charge in [-0.25, -0.2) is 4.98 Å². The van der Waals surface area contributed by atoms with Crippen molar-refractivity contribution >= 4 is 17.6 Å². The summed E-state index contributed by atoms with van der Waals surface area (Å²) in [7, 11) is 0. The van der Waals surface area contributed by atoms with E-state index in [2.05, 4.69) is 11.4 Å². The summed E-state index contributed by atoms with van der Waals surface area (Å²) in [5.74, 6) is -0.208. The fraction of sp³-hybridized carbons (Fsp3) is 0.500. The number of carbonyl (C=O) groups is 2. The lowest BCUT2D eigenvalue weighted by Crippen LogP contribution is -2.53. The van der Waals surface area contributed by atoms with Crippen molar-refractivity contribution in [2.24, 2.45) is 0 Å². The second-order valence-electron chi connectivity index (χ2n) is 9.27. The molecule has 10 heteroatoms. The second kappa shape index (κ2) is 9.44. The molecule has 34 heavy (non-hydrogen) atoms. The maximum Gasteiger partial charge on any atom is 0.312 e. The van der Waals surface area contributed by atoms with Crippen molar-refractivity contribution in [3.05, 3.63) is 35.1 Å². The fourth-order valence-corrected chi connectivity index (χ4v) is 4.30. The summed E-state index contributed by atoms with van der Waals surface area (Å²) in [5.41, 5.74) is 2.52. The molecular weight excluding hydrogens is 438 g/mol. The van der Waals surface area contributed by atoms with Crippen LogP contribution in [-0.4, -0.2) is 71.2 Å². The summed E-state index contributed by atoms with van der Waals surface area (Å²) in [5, 5.41) is 21.8. The first-order valence-electron chi connectivity index (χ1n) is 11.3. The summed E-state index contributed by atoms with van der Waals surface area (Å²) < 4.78 is 11.6. The van der Waals surface area contributed by atoms with Gasteiger partial charge < -0.3 is 29.4 Å². The molecule has 0 saturated carbocycles. The van der Waals surface area contributed by atoms with E-state index in [-0.39, 0.29) is 6.54 Å². The number of fused-ring (bicyclic) bond motifs is 1.